The van der Waals surface area contributed by atoms with Gasteiger partial charge in [0.2, 0.25) is 0 Å². The molecule has 0 spiro atoms. The monoisotopic (exact) mass is 240 g/mol. The van der Waals surface area contributed by atoms with Gasteiger partial charge >= 0.3 is 6.18 Å². The van der Waals surface area contributed by atoms with Crippen LogP contribution >= 0.6 is 23.0 Å². The Morgan fingerprint density at radius 1 is 1.38 bits per heavy atom. The molecule has 5 heteroatoms. The first-order valence-corrected chi connectivity index (χ1v) is 2.74. The van der Waals surface area contributed by atoms with Crippen LogP contribution in [0, 0.1) is 0 Å². The molecule has 0 rings (SSSR count). The Morgan fingerprint density at radius 2 is 1.88 bits per heavy atom. The predicted octanol–water partition coefficient (Wildman–Crippen LogP) is 2.31. The van der Waals surface area contributed by atoms with Crippen molar-refractivity contribution in [1.82, 2.24) is 0 Å². The van der Waals surface area contributed by atoms with E-state index in [4.69, 9.17) is 0 Å². The van der Waals surface area contributed by atoms with Gasteiger partial charge in [0, 0.05) is 0 Å². The second kappa shape index (κ2) is 3.49. The maximum Gasteiger partial charge on any atom is 0.391 e. The quantitative estimate of drug-likeness (QED) is 0.673. The van der Waals surface area contributed by atoms with Crippen LogP contribution in [-0.2, 0) is 3.07 Å². The molecule has 0 amide bonds. The van der Waals surface area contributed by atoms with Crippen LogP contribution in [0.4, 0.5) is 13.2 Å². The largest absolute Gasteiger partial charge is 0.391 e. The molecule has 0 aromatic rings. The number of hydrogen-bond donors (Lipinski definition) is 0. The van der Waals surface area contributed by atoms with Crippen molar-refractivity contribution >= 4 is 23.0 Å². The van der Waals surface area contributed by atoms with Crippen molar-refractivity contribution < 1.29 is 16.2 Å². The molecule has 0 aliphatic rings. The van der Waals surface area contributed by atoms with Gasteiger partial charge in [0.25, 0.3) is 0 Å². The minimum atomic E-state index is -4.08. The summed E-state index contributed by atoms with van der Waals surface area (Å²) in [5.41, 5.74) is 0. The minimum absolute atomic E-state index is 0.260. The molecule has 0 heterocycles. The summed E-state index contributed by atoms with van der Waals surface area (Å²) in [5.74, 6) is 0. The molecule has 0 fully saturated rings. The Kier molecular flexibility index (Phi) is 3.70. The maximum absolute atomic E-state index is 11.2. The van der Waals surface area contributed by atoms with Gasteiger partial charge in [-0.05, 0) is 0 Å². The molecule has 0 radical (unpaired) electrons. The molecule has 0 N–H and O–H groups in total. The molecule has 0 saturated heterocycles. The van der Waals surface area contributed by atoms with Crippen molar-refractivity contribution in [3.8, 4) is 0 Å². The first-order chi connectivity index (χ1) is 3.56. The third kappa shape index (κ3) is 6.48. The van der Waals surface area contributed by atoms with Crippen molar-refractivity contribution in [3.63, 3.8) is 0 Å². The Balaban J connectivity index is 3.11. The molecule has 0 aromatic heterocycles. The van der Waals surface area contributed by atoms with E-state index < -0.39 is 12.6 Å². The van der Waals surface area contributed by atoms with Crippen LogP contribution in [0.5, 0.6) is 0 Å². The highest BCUT2D eigenvalue weighted by Gasteiger charge is 2.26. The highest BCUT2D eigenvalue weighted by Crippen LogP contribution is 2.19. The van der Waals surface area contributed by atoms with Crippen molar-refractivity contribution in [1.29, 1.82) is 0 Å². The van der Waals surface area contributed by atoms with Gasteiger partial charge in [-0.1, -0.05) is 0 Å². The molecule has 0 aromatic carbocycles. The molecule has 0 bridgehead atoms. The topological polar surface area (TPSA) is 9.23 Å². The van der Waals surface area contributed by atoms with E-state index in [-0.39, 0.29) is 6.61 Å². The van der Waals surface area contributed by atoms with Crippen molar-refractivity contribution in [2.24, 2.45) is 0 Å². The first kappa shape index (κ1) is 8.48. The molecular weight excluding hydrogens is 236 g/mol. The van der Waals surface area contributed by atoms with Crippen LogP contribution in [0.1, 0.15) is 6.42 Å². The molecule has 0 aliphatic carbocycles. The highest BCUT2D eigenvalue weighted by atomic mass is 127. The lowest BCUT2D eigenvalue weighted by atomic mass is 10.5. The van der Waals surface area contributed by atoms with Gasteiger partial charge in [-0.2, -0.15) is 13.2 Å². The van der Waals surface area contributed by atoms with Crippen LogP contribution in [0.25, 0.3) is 0 Å². The van der Waals surface area contributed by atoms with Crippen LogP contribution in [-0.4, -0.2) is 12.8 Å². The summed E-state index contributed by atoms with van der Waals surface area (Å²) >= 11 is 1.43. The summed E-state index contributed by atoms with van der Waals surface area (Å²) in [6.07, 6.45) is -4.94. The Bertz CT molecular complexity index is 62.0. The van der Waals surface area contributed by atoms with Gasteiger partial charge < -0.3 is 3.07 Å². The second-order valence-corrected chi connectivity index (χ2v) is 1.80. The van der Waals surface area contributed by atoms with E-state index in [1.165, 1.54) is 23.0 Å². The highest BCUT2D eigenvalue weighted by molar-refractivity contribution is 14.1. The van der Waals surface area contributed by atoms with Crippen LogP contribution in [0.2, 0.25) is 0 Å². The fraction of sp³-hybridized carbons (Fsp3) is 1.00. The summed E-state index contributed by atoms with van der Waals surface area (Å²) in [7, 11) is 0. The lowest BCUT2D eigenvalue weighted by molar-refractivity contribution is -0.137. The molecule has 0 unspecified atom stereocenters. The third-order valence-electron chi connectivity index (χ3n) is 0.463. The fourth-order valence-corrected chi connectivity index (χ4v) is 0.375. The van der Waals surface area contributed by atoms with Crippen molar-refractivity contribution in [2.45, 2.75) is 12.6 Å². The van der Waals surface area contributed by atoms with E-state index in [9.17, 15) is 13.2 Å². The van der Waals surface area contributed by atoms with Gasteiger partial charge in [0.05, 0.1) is 13.0 Å². The molecule has 0 atom stereocenters. The summed E-state index contributed by atoms with van der Waals surface area (Å²) in [4.78, 5) is 0. The zero-order chi connectivity index (χ0) is 6.62. The van der Waals surface area contributed by atoms with Crippen molar-refractivity contribution in [3.05, 3.63) is 0 Å². The average molecular weight is 240 g/mol. The van der Waals surface area contributed by atoms with Gasteiger partial charge in [-0.25, -0.2) is 0 Å². The molecule has 1 nitrogen and oxygen atoms in total. The predicted molar refractivity (Wildman–Crippen MR) is 30.6 cm³/mol. The number of halogens is 4. The summed E-state index contributed by atoms with van der Waals surface area (Å²) in [6, 6.07) is 0. The lowest BCUT2D eigenvalue weighted by Gasteiger charge is -2.01. The lowest BCUT2D eigenvalue weighted by Crippen LogP contribution is -2.09. The van der Waals surface area contributed by atoms with Gasteiger partial charge in [0.15, 0.2) is 0 Å². The number of alkyl halides is 3. The smallest absolute Gasteiger partial charge is 0.315 e. The summed E-state index contributed by atoms with van der Waals surface area (Å²) < 4.78 is 37.6. The van der Waals surface area contributed by atoms with Crippen LogP contribution < -0.4 is 0 Å². The summed E-state index contributed by atoms with van der Waals surface area (Å²) in [5, 5.41) is 0. The zero-order valence-corrected chi connectivity index (χ0v) is 5.99. The SMILES string of the molecule is FC(F)(F)CCOI. The first-order valence-electron chi connectivity index (χ1n) is 1.86. The van der Waals surface area contributed by atoms with Crippen LogP contribution in [0.15, 0.2) is 0 Å². The minimum Gasteiger partial charge on any atom is -0.315 e. The summed E-state index contributed by atoms with van der Waals surface area (Å²) in [6.45, 7) is -0.260. The fourth-order valence-electron chi connectivity index (χ4n) is 0.154. The average Bonchev–Trinajstić information content (AvgIpc) is 1.59. The van der Waals surface area contributed by atoms with Crippen LogP contribution in [0.3, 0.4) is 0 Å². The maximum atomic E-state index is 11.2. The van der Waals surface area contributed by atoms with E-state index in [1.54, 1.807) is 0 Å². The van der Waals surface area contributed by atoms with E-state index >= 15 is 0 Å². The van der Waals surface area contributed by atoms with Crippen molar-refractivity contribution in [2.75, 3.05) is 6.61 Å². The third-order valence-corrected chi connectivity index (χ3v) is 0.903. The number of hydrogen-bond acceptors (Lipinski definition) is 1. The second-order valence-electron chi connectivity index (χ2n) is 1.18. The Labute approximate surface area is 58.9 Å². The van der Waals surface area contributed by atoms with Gasteiger partial charge in [0.1, 0.15) is 23.0 Å². The molecule has 0 aliphatic heterocycles. The Morgan fingerprint density at radius 3 is 2.00 bits per heavy atom. The van der Waals surface area contributed by atoms with E-state index in [0.29, 0.717) is 0 Å². The molecule has 50 valence electrons. The van der Waals surface area contributed by atoms with E-state index in [0.717, 1.165) is 0 Å². The standard InChI is InChI=1S/C3H4F3IO/c4-3(5,6)1-2-8-7/h1-2H2. The van der Waals surface area contributed by atoms with E-state index in [2.05, 4.69) is 3.07 Å². The Hall–Kier alpha value is 0.480. The molecular formula is C3H4F3IO. The molecule has 0 saturated carbocycles. The zero-order valence-electron chi connectivity index (χ0n) is 3.83. The van der Waals surface area contributed by atoms with Gasteiger partial charge in [-0.3, -0.25) is 0 Å². The van der Waals surface area contributed by atoms with E-state index in [1.807, 2.05) is 0 Å². The van der Waals surface area contributed by atoms with Gasteiger partial charge in [-0.15, -0.1) is 0 Å². The molecule has 8 heavy (non-hydrogen) atoms. The normalized spacial score (nSPS) is 12.0. The number of rotatable bonds is 2.